The molecule has 1 fully saturated rings. The number of amides is 1. The van der Waals surface area contributed by atoms with Gasteiger partial charge in [-0.25, -0.2) is 0 Å². The molecular weight excluding hydrogens is 394 g/mol. The molecule has 0 aliphatic carbocycles. The van der Waals surface area contributed by atoms with Crippen molar-refractivity contribution in [3.05, 3.63) is 45.3 Å². The van der Waals surface area contributed by atoms with Gasteiger partial charge in [-0.15, -0.1) is 10.2 Å². The Morgan fingerprint density at radius 3 is 2.96 bits per heavy atom. The van der Waals surface area contributed by atoms with Gasteiger partial charge in [-0.05, 0) is 52.4 Å². The number of hydrogen-bond acceptors (Lipinski definition) is 6. The van der Waals surface area contributed by atoms with Gasteiger partial charge in [-0.2, -0.15) is 11.3 Å². The van der Waals surface area contributed by atoms with Crippen LogP contribution in [0, 0.1) is 0 Å². The second-order valence-corrected chi connectivity index (χ2v) is 7.21. The van der Waals surface area contributed by atoms with Crippen LogP contribution in [0.4, 0.5) is 0 Å². The van der Waals surface area contributed by atoms with Crippen molar-refractivity contribution in [1.29, 1.82) is 0 Å². The molecule has 8 heteroatoms. The van der Waals surface area contributed by atoms with Crippen LogP contribution < -0.4 is 0 Å². The fourth-order valence-corrected chi connectivity index (χ4v) is 3.79. The number of furan rings is 1. The number of nitrogens with zero attached hydrogens (tertiary/aromatic N) is 3. The molecule has 4 rings (SSSR count). The van der Waals surface area contributed by atoms with E-state index in [1.165, 1.54) is 0 Å². The zero-order valence-electron chi connectivity index (χ0n) is 12.6. The molecule has 24 heavy (non-hydrogen) atoms. The molecule has 0 aromatic carbocycles. The van der Waals surface area contributed by atoms with Crippen molar-refractivity contribution >= 4 is 33.2 Å². The Labute approximate surface area is 150 Å². The maximum atomic E-state index is 12.5. The van der Waals surface area contributed by atoms with E-state index in [1.807, 2.05) is 16.8 Å². The van der Waals surface area contributed by atoms with Crippen LogP contribution in [-0.2, 0) is 0 Å². The largest absolute Gasteiger partial charge is 0.444 e. The quantitative estimate of drug-likeness (QED) is 0.651. The molecule has 0 spiro atoms. The van der Waals surface area contributed by atoms with E-state index in [4.69, 9.17) is 8.83 Å². The van der Waals surface area contributed by atoms with Crippen molar-refractivity contribution in [1.82, 2.24) is 15.1 Å². The van der Waals surface area contributed by atoms with Crippen molar-refractivity contribution in [3.63, 3.8) is 0 Å². The predicted octanol–water partition coefficient (Wildman–Crippen LogP) is 4.17. The number of aromatic nitrogens is 2. The third-order valence-electron chi connectivity index (χ3n) is 4.05. The maximum absolute atomic E-state index is 12.5. The molecule has 3 aromatic rings. The van der Waals surface area contributed by atoms with E-state index in [0.717, 1.165) is 18.4 Å². The highest BCUT2D eigenvalue weighted by atomic mass is 79.9. The fourth-order valence-electron chi connectivity index (χ4n) is 2.85. The number of carbonyl (C=O) groups excluding carboxylic acids is 1. The SMILES string of the molecule is O=C(c1ccc(Br)o1)N1CCC[C@@H](c2nnc(-c3ccsc3)o2)C1. The van der Waals surface area contributed by atoms with E-state index in [2.05, 4.69) is 26.1 Å². The second-order valence-electron chi connectivity index (χ2n) is 5.65. The smallest absolute Gasteiger partial charge is 0.289 e. The van der Waals surface area contributed by atoms with Crippen LogP contribution in [0.1, 0.15) is 35.2 Å². The lowest BCUT2D eigenvalue weighted by atomic mass is 9.98. The standard InChI is InChI=1S/C16H14BrN3O3S/c17-13-4-3-12(22-13)16(21)20-6-1-2-10(8-20)14-18-19-15(23-14)11-5-7-24-9-11/h3-5,7,9-10H,1-2,6,8H2/t10-/m1/s1. The fraction of sp³-hybridized carbons (Fsp3) is 0.312. The molecule has 1 atom stereocenters. The normalized spacial score (nSPS) is 18.0. The van der Waals surface area contributed by atoms with Gasteiger partial charge in [0.05, 0.1) is 5.92 Å². The summed E-state index contributed by atoms with van der Waals surface area (Å²) in [6, 6.07) is 5.35. The summed E-state index contributed by atoms with van der Waals surface area (Å²) in [7, 11) is 0. The number of rotatable bonds is 3. The van der Waals surface area contributed by atoms with Crippen molar-refractivity contribution in [3.8, 4) is 11.5 Å². The molecule has 3 aromatic heterocycles. The number of thiophene rings is 1. The van der Waals surface area contributed by atoms with Crippen LogP contribution >= 0.6 is 27.3 Å². The Morgan fingerprint density at radius 2 is 2.21 bits per heavy atom. The highest BCUT2D eigenvalue weighted by molar-refractivity contribution is 9.10. The third-order valence-corrected chi connectivity index (χ3v) is 5.16. The molecular formula is C16H14BrN3O3S. The number of halogens is 1. The zero-order chi connectivity index (χ0) is 16.5. The van der Waals surface area contributed by atoms with Crippen LogP contribution in [0.5, 0.6) is 0 Å². The highest BCUT2D eigenvalue weighted by Crippen LogP contribution is 2.30. The first kappa shape index (κ1) is 15.6. The van der Waals surface area contributed by atoms with Crippen molar-refractivity contribution in [2.45, 2.75) is 18.8 Å². The van der Waals surface area contributed by atoms with E-state index >= 15 is 0 Å². The van der Waals surface area contributed by atoms with Gasteiger partial charge in [0.15, 0.2) is 10.4 Å². The lowest BCUT2D eigenvalue weighted by molar-refractivity contribution is 0.0665. The molecule has 0 unspecified atom stereocenters. The first-order valence-electron chi connectivity index (χ1n) is 7.61. The Morgan fingerprint density at radius 1 is 1.29 bits per heavy atom. The minimum absolute atomic E-state index is 0.0565. The van der Waals surface area contributed by atoms with E-state index in [9.17, 15) is 4.79 Å². The van der Waals surface area contributed by atoms with Crippen LogP contribution in [-0.4, -0.2) is 34.1 Å². The summed E-state index contributed by atoms with van der Waals surface area (Å²) in [6.45, 7) is 1.27. The van der Waals surface area contributed by atoms with E-state index in [1.54, 1.807) is 28.4 Å². The summed E-state index contributed by atoms with van der Waals surface area (Å²) in [5, 5.41) is 12.3. The molecule has 1 aliphatic heterocycles. The van der Waals surface area contributed by atoms with Gasteiger partial charge in [0.25, 0.3) is 5.91 Å². The van der Waals surface area contributed by atoms with Gasteiger partial charge < -0.3 is 13.7 Å². The summed E-state index contributed by atoms with van der Waals surface area (Å²) in [4.78, 5) is 14.3. The number of likely N-dealkylation sites (tertiary alicyclic amines) is 1. The molecule has 6 nitrogen and oxygen atoms in total. The van der Waals surface area contributed by atoms with Gasteiger partial charge in [-0.1, -0.05) is 0 Å². The molecule has 1 saturated heterocycles. The Hall–Kier alpha value is -1.93. The Bertz CT molecular complexity index is 843. The van der Waals surface area contributed by atoms with Crippen LogP contribution in [0.25, 0.3) is 11.5 Å². The minimum atomic E-state index is -0.108. The average Bonchev–Trinajstić information content (AvgIpc) is 3.35. The van der Waals surface area contributed by atoms with Crippen molar-refractivity contribution in [2.24, 2.45) is 0 Å². The summed E-state index contributed by atoms with van der Waals surface area (Å²) in [6.07, 6.45) is 1.82. The second kappa shape index (κ2) is 6.52. The Kier molecular flexibility index (Phi) is 4.24. The van der Waals surface area contributed by atoms with Gasteiger partial charge in [0.1, 0.15) is 0 Å². The number of hydrogen-bond donors (Lipinski definition) is 0. The number of piperidine rings is 1. The zero-order valence-corrected chi connectivity index (χ0v) is 15.0. The lowest BCUT2D eigenvalue weighted by Gasteiger charge is -2.30. The Balaban J connectivity index is 1.50. The molecule has 4 heterocycles. The van der Waals surface area contributed by atoms with E-state index in [0.29, 0.717) is 35.3 Å². The van der Waals surface area contributed by atoms with Crippen LogP contribution in [0.3, 0.4) is 0 Å². The summed E-state index contributed by atoms with van der Waals surface area (Å²) in [5.74, 6) is 1.41. The van der Waals surface area contributed by atoms with E-state index in [-0.39, 0.29) is 11.8 Å². The predicted molar refractivity (Wildman–Crippen MR) is 91.9 cm³/mol. The van der Waals surface area contributed by atoms with Gasteiger partial charge in [0.2, 0.25) is 11.8 Å². The monoisotopic (exact) mass is 407 g/mol. The highest BCUT2D eigenvalue weighted by Gasteiger charge is 2.30. The van der Waals surface area contributed by atoms with E-state index < -0.39 is 0 Å². The first-order chi connectivity index (χ1) is 11.7. The topological polar surface area (TPSA) is 72.4 Å². The van der Waals surface area contributed by atoms with Gasteiger partial charge >= 0.3 is 0 Å². The summed E-state index contributed by atoms with van der Waals surface area (Å²) < 4.78 is 11.7. The van der Waals surface area contributed by atoms with Gasteiger partial charge in [-0.3, -0.25) is 4.79 Å². The number of carbonyl (C=O) groups is 1. The summed E-state index contributed by atoms with van der Waals surface area (Å²) in [5.41, 5.74) is 0.933. The minimum Gasteiger partial charge on any atom is -0.444 e. The third kappa shape index (κ3) is 3.03. The molecule has 1 amide bonds. The molecule has 0 radical (unpaired) electrons. The van der Waals surface area contributed by atoms with Crippen molar-refractivity contribution < 1.29 is 13.6 Å². The first-order valence-corrected chi connectivity index (χ1v) is 9.35. The van der Waals surface area contributed by atoms with Crippen molar-refractivity contribution in [2.75, 3.05) is 13.1 Å². The van der Waals surface area contributed by atoms with Gasteiger partial charge in [0, 0.05) is 24.0 Å². The molecule has 1 aliphatic rings. The molecule has 124 valence electrons. The van der Waals surface area contributed by atoms with Crippen LogP contribution in [0.2, 0.25) is 0 Å². The molecule has 0 N–H and O–H groups in total. The maximum Gasteiger partial charge on any atom is 0.289 e. The molecule has 0 saturated carbocycles. The average molecular weight is 408 g/mol. The summed E-state index contributed by atoms with van der Waals surface area (Å²) >= 11 is 4.81. The molecule has 0 bridgehead atoms. The lowest BCUT2D eigenvalue weighted by Crippen LogP contribution is -2.39. The van der Waals surface area contributed by atoms with Crippen LogP contribution in [0.15, 0.2) is 42.5 Å².